The Morgan fingerprint density at radius 2 is 2.06 bits per heavy atom. The molecule has 0 saturated carbocycles. The molecule has 0 aliphatic carbocycles. The number of nitrogens with zero attached hydrogens (tertiary/aromatic N) is 3. The highest BCUT2D eigenvalue weighted by Crippen LogP contribution is 2.27. The molecular weight excluding hydrogens is 235 g/mol. The molecule has 1 aromatic rings. The second-order valence-corrected chi connectivity index (χ2v) is 4.02. The Balaban J connectivity index is 2.12. The Morgan fingerprint density at radius 3 is 2.59 bits per heavy atom. The van der Waals surface area contributed by atoms with Crippen LogP contribution in [-0.4, -0.2) is 34.5 Å². The largest absolute Gasteiger partial charge is 0.435 e. The van der Waals surface area contributed by atoms with Gasteiger partial charge >= 0.3 is 6.18 Å². The third-order valence-electron chi connectivity index (χ3n) is 2.66. The zero-order chi connectivity index (χ0) is 12.5. The summed E-state index contributed by atoms with van der Waals surface area (Å²) in [4.78, 5) is 1.74. The summed E-state index contributed by atoms with van der Waals surface area (Å²) in [5.74, 6) is 0.372. The highest BCUT2D eigenvalue weighted by molar-refractivity contribution is 5.38. The fourth-order valence-electron chi connectivity index (χ4n) is 1.81. The smallest absolute Gasteiger partial charge is 0.391 e. The summed E-state index contributed by atoms with van der Waals surface area (Å²) in [5, 5.41) is 16.2. The predicted molar refractivity (Wildman–Crippen MR) is 54.5 cm³/mol. The average Bonchev–Trinajstić information content (AvgIpc) is 2.28. The molecule has 1 fully saturated rings. The number of alkyl halides is 3. The summed E-state index contributed by atoms with van der Waals surface area (Å²) < 4.78 is 36.8. The monoisotopic (exact) mass is 247 g/mol. The number of aliphatic hydroxyl groups excluding tert-OH is 1. The highest BCUT2D eigenvalue weighted by atomic mass is 19.4. The van der Waals surface area contributed by atoms with Gasteiger partial charge in [-0.05, 0) is 25.0 Å². The van der Waals surface area contributed by atoms with E-state index in [0.29, 0.717) is 25.3 Å². The number of hydrogen-bond donors (Lipinski definition) is 1. The van der Waals surface area contributed by atoms with E-state index in [0.717, 1.165) is 12.5 Å². The van der Waals surface area contributed by atoms with E-state index in [-0.39, 0.29) is 0 Å². The fourth-order valence-corrected chi connectivity index (χ4v) is 1.81. The Labute approximate surface area is 96.1 Å². The highest BCUT2D eigenvalue weighted by Gasteiger charge is 2.33. The summed E-state index contributed by atoms with van der Waals surface area (Å²) >= 11 is 0. The maximum atomic E-state index is 12.3. The standard InChI is InChI=1S/C10H12F3N3O/c11-10(12,13)8-3-4-9(15-14-8)16-5-1-2-7(17)6-16/h3-4,7,17H,1-2,5-6H2. The molecule has 0 aromatic carbocycles. The van der Waals surface area contributed by atoms with Gasteiger partial charge in [-0.2, -0.15) is 13.2 Å². The molecule has 17 heavy (non-hydrogen) atoms. The Kier molecular flexibility index (Phi) is 3.19. The predicted octanol–water partition coefficient (Wildman–Crippen LogP) is 1.46. The number of anilines is 1. The normalized spacial score (nSPS) is 21.6. The van der Waals surface area contributed by atoms with Gasteiger partial charge < -0.3 is 10.0 Å². The number of piperidine rings is 1. The Hall–Kier alpha value is -1.37. The number of aliphatic hydroxyl groups is 1. The molecule has 1 aliphatic heterocycles. The number of rotatable bonds is 1. The molecule has 1 N–H and O–H groups in total. The van der Waals surface area contributed by atoms with Crippen LogP contribution in [0.15, 0.2) is 12.1 Å². The van der Waals surface area contributed by atoms with Gasteiger partial charge in [-0.15, -0.1) is 10.2 Å². The van der Waals surface area contributed by atoms with Crippen LogP contribution in [0, 0.1) is 0 Å². The van der Waals surface area contributed by atoms with Crippen LogP contribution in [0.2, 0.25) is 0 Å². The van der Waals surface area contributed by atoms with Gasteiger partial charge in [0.15, 0.2) is 11.5 Å². The molecule has 0 amide bonds. The van der Waals surface area contributed by atoms with Gasteiger partial charge in [-0.25, -0.2) is 0 Å². The van der Waals surface area contributed by atoms with Gasteiger partial charge in [-0.1, -0.05) is 0 Å². The zero-order valence-electron chi connectivity index (χ0n) is 8.98. The lowest BCUT2D eigenvalue weighted by Crippen LogP contribution is -2.38. The van der Waals surface area contributed by atoms with Gasteiger partial charge in [0, 0.05) is 13.1 Å². The molecule has 1 aromatic heterocycles. The van der Waals surface area contributed by atoms with E-state index in [9.17, 15) is 18.3 Å². The molecule has 0 spiro atoms. The molecule has 7 heteroatoms. The summed E-state index contributed by atoms with van der Waals surface area (Å²) in [6.07, 6.45) is -3.41. The van der Waals surface area contributed by atoms with Crippen molar-refractivity contribution in [2.75, 3.05) is 18.0 Å². The van der Waals surface area contributed by atoms with E-state index in [1.165, 1.54) is 6.07 Å². The van der Waals surface area contributed by atoms with Gasteiger partial charge in [0.1, 0.15) is 0 Å². The first-order chi connectivity index (χ1) is 7.97. The molecule has 1 saturated heterocycles. The average molecular weight is 247 g/mol. The van der Waals surface area contributed by atoms with E-state index in [4.69, 9.17) is 0 Å². The maximum Gasteiger partial charge on any atom is 0.435 e. The van der Waals surface area contributed by atoms with E-state index < -0.39 is 18.0 Å². The quantitative estimate of drug-likeness (QED) is 0.816. The van der Waals surface area contributed by atoms with E-state index in [2.05, 4.69) is 10.2 Å². The Bertz CT molecular complexity index is 379. The van der Waals surface area contributed by atoms with Crippen LogP contribution in [0.5, 0.6) is 0 Å². The molecule has 1 unspecified atom stereocenters. The first-order valence-corrected chi connectivity index (χ1v) is 5.31. The van der Waals surface area contributed by atoms with Gasteiger partial charge in [0.25, 0.3) is 0 Å². The molecule has 1 aliphatic rings. The van der Waals surface area contributed by atoms with Crippen molar-refractivity contribution in [1.29, 1.82) is 0 Å². The van der Waals surface area contributed by atoms with Crippen molar-refractivity contribution >= 4 is 5.82 Å². The lowest BCUT2D eigenvalue weighted by molar-refractivity contribution is -0.141. The minimum Gasteiger partial charge on any atom is -0.391 e. The van der Waals surface area contributed by atoms with Gasteiger partial charge in [-0.3, -0.25) is 0 Å². The number of hydrogen-bond acceptors (Lipinski definition) is 4. The van der Waals surface area contributed by atoms with Crippen LogP contribution < -0.4 is 4.90 Å². The third kappa shape index (κ3) is 2.85. The van der Waals surface area contributed by atoms with Crippen molar-refractivity contribution in [3.8, 4) is 0 Å². The van der Waals surface area contributed by atoms with Crippen molar-refractivity contribution < 1.29 is 18.3 Å². The van der Waals surface area contributed by atoms with Crippen LogP contribution >= 0.6 is 0 Å². The van der Waals surface area contributed by atoms with Crippen LogP contribution in [0.3, 0.4) is 0 Å². The topological polar surface area (TPSA) is 49.2 Å². The molecule has 0 radical (unpaired) electrons. The van der Waals surface area contributed by atoms with Gasteiger partial charge in [0.05, 0.1) is 6.10 Å². The Morgan fingerprint density at radius 1 is 1.29 bits per heavy atom. The van der Waals surface area contributed by atoms with Crippen LogP contribution in [0.1, 0.15) is 18.5 Å². The third-order valence-corrected chi connectivity index (χ3v) is 2.66. The lowest BCUT2D eigenvalue weighted by atomic mass is 10.1. The van der Waals surface area contributed by atoms with Crippen LogP contribution in [-0.2, 0) is 6.18 Å². The molecular formula is C10H12F3N3O. The van der Waals surface area contributed by atoms with Crippen molar-refractivity contribution in [1.82, 2.24) is 10.2 Å². The number of β-amino-alcohol motifs (C(OH)–C–C–N with tert-alkyl or cyclic N) is 1. The van der Waals surface area contributed by atoms with Gasteiger partial charge in [0.2, 0.25) is 0 Å². The summed E-state index contributed by atoms with van der Waals surface area (Å²) in [5.41, 5.74) is -1.00. The fraction of sp³-hybridized carbons (Fsp3) is 0.600. The van der Waals surface area contributed by atoms with Crippen molar-refractivity contribution in [3.63, 3.8) is 0 Å². The van der Waals surface area contributed by atoms with E-state index in [1.807, 2.05) is 0 Å². The minimum absolute atomic E-state index is 0.372. The first kappa shape index (κ1) is 12.1. The molecule has 2 heterocycles. The van der Waals surface area contributed by atoms with E-state index in [1.54, 1.807) is 4.90 Å². The molecule has 94 valence electrons. The van der Waals surface area contributed by atoms with Crippen molar-refractivity contribution in [3.05, 3.63) is 17.8 Å². The van der Waals surface area contributed by atoms with Crippen molar-refractivity contribution in [2.24, 2.45) is 0 Å². The molecule has 4 nitrogen and oxygen atoms in total. The second-order valence-electron chi connectivity index (χ2n) is 4.02. The zero-order valence-corrected chi connectivity index (χ0v) is 8.98. The number of halogens is 3. The van der Waals surface area contributed by atoms with Crippen molar-refractivity contribution in [2.45, 2.75) is 25.1 Å². The number of aromatic nitrogens is 2. The summed E-state index contributed by atoms with van der Waals surface area (Å²) in [6, 6.07) is 2.19. The molecule has 2 rings (SSSR count). The van der Waals surface area contributed by atoms with Crippen LogP contribution in [0.4, 0.5) is 19.0 Å². The minimum atomic E-state index is -4.47. The first-order valence-electron chi connectivity index (χ1n) is 5.31. The van der Waals surface area contributed by atoms with Crippen LogP contribution in [0.25, 0.3) is 0 Å². The lowest BCUT2D eigenvalue weighted by Gasteiger charge is -2.30. The van der Waals surface area contributed by atoms with E-state index >= 15 is 0 Å². The second kappa shape index (κ2) is 4.48. The molecule has 0 bridgehead atoms. The summed E-state index contributed by atoms with van der Waals surface area (Å²) in [7, 11) is 0. The molecule has 1 atom stereocenters. The SMILES string of the molecule is OC1CCCN(c2ccc(C(F)(F)F)nn2)C1. The summed E-state index contributed by atoms with van der Waals surface area (Å²) in [6.45, 7) is 1.07. The maximum absolute atomic E-state index is 12.3.